The number of carbonyl (C=O) groups is 2. The van der Waals surface area contributed by atoms with Crippen molar-refractivity contribution in [3.05, 3.63) is 48.4 Å². The first-order valence-corrected chi connectivity index (χ1v) is 12.0. The molecule has 34 heavy (non-hydrogen) atoms. The number of hydrogen-bond acceptors (Lipinski definition) is 7. The standard InChI is InChI=1S/C25H37N5O4/c1-4-28(5-2)13-12-26-24(31)25(32)27-19-22(23-7-6-18-34-23)30-16-14-29(15-17-30)20-8-10-21(33-3)11-9-20/h6-11,18,22H,4-5,12-17,19H2,1-3H3,(H,26,31)(H,27,32)/t22-/m1/s1. The van der Waals surface area contributed by atoms with Crippen molar-refractivity contribution >= 4 is 17.5 Å². The van der Waals surface area contributed by atoms with Crippen LogP contribution in [0.3, 0.4) is 0 Å². The lowest BCUT2D eigenvalue weighted by atomic mass is 10.1. The zero-order valence-electron chi connectivity index (χ0n) is 20.5. The average Bonchev–Trinajstić information content (AvgIpc) is 3.41. The zero-order valence-corrected chi connectivity index (χ0v) is 20.5. The molecule has 0 saturated carbocycles. The number of methoxy groups -OCH3 is 1. The number of ether oxygens (including phenoxy) is 1. The van der Waals surface area contributed by atoms with Gasteiger partial charge in [-0.05, 0) is 49.5 Å². The number of likely N-dealkylation sites (N-methyl/N-ethyl adjacent to an activating group) is 1. The molecule has 3 rings (SSSR count). The molecule has 2 aromatic rings. The van der Waals surface area contributed by atoms with Gasteiger partial charge in [0.1, 0.15) is 11.5 Å². The van der Waals surface area contributed by atoms with Gasteiger partial charge in [0.25, 0.3) is 0 Å². The Morgan fingerprint density at radius 2 is 1.71 bits per heavy atom. The Labute approximate surface area is 202 Å². The molecular weight excluding hydrogens is 434 g/mol. The molecular formula is C25H37N5O4. The van der Waals surface area contributed by atoms with Gasteiger partial charge in [0.2, 0.25) is 0 Å². The molecule has 1 atom stereocenters. The summed E-state index contributed by atoms with van der Waals surface area (Å²) in [6.45, 7) is 10.8. The number of benzene rings is 1. The van der Waals surface area contributed by atoms with Crippen LogP contribution in [-0.2, 0) is 9.59 Å². The lowest BCUT2D eigenvalue weighted by molar-refractivity contribution is -0.139. The van der Waals surface area contributed by atoms with Gasteiger partial charge in [0, 0.05) is 51.5 Å². The molecule has 0 aliphatic carbocycles. The largest absolute Gasteiger partial charge is 0.497 e. The molecule has 1 aliphatic rings. The van der Waals surface area contributed by atoms with Gasteiger partial charge in [-0.3, -0.25) is 14.5 Å². The van der Waals surface area contributed by atoms with Crippen LogP contribution in [0.4, 0.5) is 5.69 Å². The van der Waals surface area contributed by atoms with Crippen LogP contribution in [0.15, 0.2) is 47.1 Å². The minimum absolute atomic E-state index is 0.138. The lowest BCUT2D eigenvalue weighted by Gasteiger charge is -2.39. The van der Waals surface area contributed by atoms with Gasteiger partial charge >= 0.3 is 11.8 Å². The van der Waals surface area contributed by atoms with E-state index < -0.39 is 11.8 Å². The van der Waals surface area contributed by atoms with E-state index in [1.54, 1.807) is 13.4 Å². The topological polar surface area (TPSA) is 90.3 Å². The summed E-state index contributed by atoms with van der Waals surface area (Å²) in [7, 11) is 1.66. The molecule has 1 saturated heterocycles. The number of rotatable bonds is 11. The summed E-state index contributed by atoms with van der Waals surface area (Å²) in [4.78, 5) is 31.4. The molecule has 1 fully saturated rings. The molecule has 0 unspecified atom stereocenters. The van der Waals surface area contributed by atoms with Crippen LogP contribution in [-0.4, -0.2) is 87.6 Å². The molecule has 0 radical (unpaired) electrons. The third kappa shape index (κ3) is 6.98. The van der Waals surface area contributed by atoms with Crippen LogP contribution in [0.5, 0.6) is 5.75 Å². The van der Waals surface area contributed by atoms with E-state index in [4.69, 9.17) is 9.15 Å². The van der Waals surface area contributed by atoms with E-state index in [0.29, 0.717) is 13.1 Å². The van der Waals surface area contributed by atoms with Crippen LogP contribution < -0.4 is 20.3 Å². The highest BCUT2D eigenvalue weighted by atomic mass is 16.5. The summed E-state index contributed by atoms with van der Waals surface area (Å²) in [5.41, 5.74) is 1.16. The summed E-state index contributed by atoms with van der Waals surface area (Å²) in [6.07, 6.45) is 1.64. The number of anilines is 1. The Hall–Kier alpha value is -3.04. The van der Waals surface area contributed by atoms with Crippen molar-refractivity contribution < 1.29 is 18.7 Å². The molecule has 2 heterocycles. The van der Waals surface area contributed by atoms with Crippen molar-refractivity contribution in [2.45, 2.75) is 19.9 Å². The Morgan fingerprint density at radius 3 is 2.29 bits per heavy atom. The van der Waals surface area contributed by atoms with Crippen LogP contribution in [0.1, 0.15) is 25.6 Å². The van der Waals surface area contributed by atoms with Crippen molar-refractivity contribution in [3.8, 4) is 5.75 Å². The minimum Gasteiger partial charge on any atom is -0.497 e. The molecule has 1 aromatic heterocycles. The van der Waals surface area contributed by atoms with E-state index in [1.807, 2.05) is 24.3 Å². The predicted molar refractivity (Wildman–Crippen MR) is 132 cm³/mol. The SMILES string of the molecule is CCN(CC)CCNC(=O)C(=O)NC[C@H](c1ccco1)N1CCN(c2ccc(OC)cc2)CC1. The van der Waals surface area contributed by atoms with Gasteiger partial charge in [-0.1, -0.05) is 13.8 Å². The number of amides is 2. The van der Waals surface area contributed by atoms with E-state index in [0.717, 1.165) is 63.0 Å². The molecule has 186 valence electrons. The van der Waals surface area contributed by atoms with Gasteiger partial charge in [-0.2, -0.15) is 0 Å². The molecule has 1 aromatic carbocycles. The van der Waals surface area contributed by atoms with Crippen LogP contribution in [0, 0.1) is 0 Å². The molecule has 0 bridgehead atoms. The number of hydrogen-bond donors (Lipinski definition) is 2. The number of carbonyl (C=O) groups excluding carboxylic acids is 2. The second kappa shape index (κ2) is 13.0. The fraction of sp³-hybridized carbons (Fsp3) is 0.520. The van der Waals surface area contributed by atoms with Crippen molar-refractivity contribution in [2.75, 3.05) is 70.9 Å². The Morgan fingerprint density at radius 1 is 1.03 bits per heavy atom. The van der Waals surface area contributed by atoms with Gasteiger partial charge in [0.05, 0.1) is 19.4 Å². The Bertz CT molecular complexity index is 875. The summed E-state index contributed by atoms with van der Waals surface area (Å²) in [5.74, 6) is 0.399. The summed E-state index contributed by atoms with van der Waals surface area (Å²) >= 11 is 0. The smallest absolute Gasteiger partial charge is 0.309 e. The lowest BCUT2D eigenvalue weighted by Crippen LogP contribution is -2.51. The maximum atomic E-state index is 12.4. The average molecular weight is 472 g/mol. The third-order valence-corrected chi connectivity index (χ3v) is 6.33. The number of piperazine rings is 1. The van der Waals surface area contributed by atoms with Crippen molar-refractivity contribution in [1.82, 2.24) is 20.4 Å². The molecule has 2 amide bonds. The van der Waals surface area contributed by atoms with E-state index in [1.165, 1.54) is 0 Å². The Balaban J connectivity index is 1.52. The van der Waals surface area contributed by atoms with E-state index in [-0.39, 0.29) is 6.04 Å². The fourth-order valence-electron chi connectivity index (χ4n) is 4.19. The molecule has 9 heteroatoms. The van der Waals surface area contributed by atoms with Crippen molar-refractivity contribution in [2.24, 2.45) is 0 Å². The highest BCUT2D eigenvalue weighted by Crippen LogP contribution is 2.25. The summed E-state index contributed by atoms with van der Waals surface area (Å²) in [6, 6.07) is 11.7. The Kier molecular flexibility index (Phi) is 9.78. The first-order chi connectivity index (χ1) is 16.5. The second-order valence-electron chi connectivity index (χ2n) is 8.25. The number of nitrogens with one attached hydrogen (secondary N) is 2. The summed E-state index contributed by atoms with van der Waals surface area (Å²) in [5, 5.41) is 5.50. The van der Waals surface area contributed by atoms with Crippen LogP contribution in [0.25, 0.3) is 0 Å². The number of furan rings is 1. The van der Waals surface area contributed by atoms with Crippen LogP contribution >= 0.6 is 0 Å². The van der Waals surface area contributed by atoms with Crippen molar-refractivity contribution in [1.29, 1.82) is 0 Å². The molecule has 1 aliphatic heterocycles. The van der Waals surface area contributed by atoms with Gasteiger partial charge in [0.15, 0.2) is 0 Å². The van der Waals surface area contributed by atoms with Crippen molar-refractivity contribution in [3.63, 3.8) is 0 Å². The maximum absolute atomic E-state index is 12.4. The number of nitrogens with zero attached hydrogens (tertiary/aromatic N) is 3. The van der Waals surface area contributed by atoms with Gasteiger partial charge < -0.3 is 29.6 Å². The zero-order chi connectivity index (χ0) is 24.3. The van der Waals surface area contributed by atoms with Gasteiger partial charge in [-0.15, -0.1) is 0 Å². The van der Waals surface area contributed by atoms with Gasteiger partial charge in [-0.25, -0.2) is 0 Å². The quantitative estimate of drug-likeness (QED) is 0.483. The highest BCUT2D eigenvalue weighted by Gasteiger charge is 2.28. The monoisotopic (exact) mass is 471 g/mol. The summed E-state index contributed by atoms with van der Waals surface area (Å²) < 4.78 is 10.9. The first kappa shape index (κ1) is 25.6. The predicted octanol–water partition coefficient (Wildman–Crippen LogP) is 1.73. The normalized spacial score (nSPS) is 15.2. The van der Waals surface area contributed by atoms with E-state index in [2.05, 4.69) is 51.3 Å². The molecule has 9 nitrogen and oxygen atoms in total. The third-order valence-electron chi connectivity index (χ3n) is 6.33. The fourth-order valence-corrected chi connectivity index (χ4v) is 4.19. The first-order valence-electron chi connectivity index (χ1n) is 12.0. The maximum Gasteiger partial charge on any atom is 0.309 e. The van der Waals surface area contributed by atoms with Crippen LogP contribution in [0.2, 0.25) is 0 Å². The van der Waals surface area contributed by atoms with E-state index >= 15 is 0 Å². The second-order valence-corrected chi connectivity index (χ2v) is 8.25. The highest BCUT2D eigenvalue weighted by molar-refractivity contribution is 6.35. The minimum atomic E-state index is -0.618. The molecule has 0 spiro atoms. The molecule has 2 N–H and O–H groups in total. The van der Waals surface area contributed by atoms with E-state index in [9.17, 15) is 9.59 Å².